The maximum absolute atomic E-state index is 12.3. The second-order valence-corrected chi connectivity index (χ2v) is 9.70. The van der Waals surface area contributed by atoms with Crippen molar-refractivity contribution in [2.24, 2.45) is 0 Å². The molecule has 0 aliphatic heterocycles. The zero-order chi connectivity index (χ0) is 20.8. The third kappa shape index (κ3) is 5.70. The van der Waals surface area contributed by atoms with Crippen LogP contribution in [0.5, 0.6) is 0 Å². The molecule has 0 fully saturated rings. The minimum atomic E-state index is -0.197. The van der Waals surface area contributed by atoms with Gasteiger partial charge in [0.15, 0.2) is 0 Å². The molecule has 0 saturated carbocycles. The van der Waals surface area contributed by atoms with E-state index in [0.29, 0.717) is 23.5 Å². The molecule has 0 bridgehead atoms. The molecule has 1 atom stereocenters. The first-order chi connectivity index (χ1) is 14.0. The van der Waals surface area contributed by atoms with Gasteiger partial charge in [0.2, 0.25) is 5.91 Å². The topological polar surface area (TPSA) is 74.8 Å². The number of amides is 1. The van der Waals surface area contributed by atoms with E-state index in [-0.39, 0.29) is 16.7 Å². The van der Waals surface area contributed by atoms with Crippen molar-refractivity contribution in [3.63, 3.8) is 0 Å². The number of aryl methyl sites for hydroxylation is 3. The molecule has 3 aromatic rings. The van der Waals surface area contributed by atoms with E-state index < -0.39 is 0 Å². The monoisotopic (exact) mass is 429 g/mol. The van der Waals surface area contributed by atoms with Gasteiger partial charge in [0.05, 0.1) is 16.4 Å². The molecular weight excluding hydrogens is 402 g/mol. The Balaban J connectivity index is 1.43. The number of hydrogen-bond donors (Lipinski definition) is 2. The average molecular weight is 430 g/mol. The number of nitrogens with zero attached hydrogens (tertiary/aromatic N) is 1. The molecule has 2 N–H and O–H groups in total. The molecule has 2 aromatic heterocycles. The van der Waals surface area contributed by atoms with Gasteiger partial charge in [0.25, 0.3) is 5.56 Å². The van der Waals surface area contributed by atoms with Crippen molar-refractivity contribution >= 4 is 39.2 Å². The molecule has 1 unspecified atom stereocenters. The Bertz CT molecular complexity index is 1030. The average Bonchev–Trinajstić information content (AvgIpc) is 3.00. The van der Waals surface area contributed by atoms with E-state index in [4.69, 9.17) is 0 Å². The van der Waals surface area contributed by atoms with Gasteiger partial charge in [-0.1, -0.05) is 30.3 Å². The maximum Gasteiger partial charge on any atom is 0.259 e. The molecule has 0 saturated heterocycles. The predicted octanol–water partition coefficient (Wildman–Crippen LogP) is 4.36. The number of thiophene rings is 1. The molecule has 5 nitrogen and oxygen atoms in total. The Labute approximate surface area is 179 Å². The fraction of sp³-hybridized carbons (Fsp3) is 0.409. The van der Waals surface area contributed by atoms with Gasteiger partial charge in [-0.3, -0.25) is 9.59 Å². The van der Waals surface area contributed by atoms with E-state index in [9.17, 15) is 9.59 Å². The zero-order valence-corrected chi connectivity index (χ0v) is 18.7. The van der Waals surface area contributed by atoms with Crippen molar-refractivity contribution in [3.8, 4) is 0 Å². The standard InChI is InChI=1S/C22H27N3O2S2/c1-14-15(2)29-22-19(14)21(27)24-18(25-22)13-28-16(3)20(26)23-12-8-7-11-17-9-5-4-6-10-17/h4-6,9-10,16H,7-8,11-13H2,1-3H3,(H,23,26)(H,24,25,27). The number of carbonyl (C=O) groups is 1. The number of aromatic amines is 1. The number of fused-ring (bicyclic) bond motifs is 1. The van der Waals surface area contributed by atoms with Crippen LogP contribution < -0.4 is 10.9 Å². The summed E-state index contributed by atoms with van der Waals surface area (Å²) in [5.74, 6) is 1.15. The van der Waals surface area contributed by atoms with Gasteiger partial charge < -0.3 is 10.3 Å². The van der Waals surface area contributed by atoms with Crippen molar-refractivity contribution < 1.29 is 4.79 Å². The first-order valence-electron chi connectivity index (χ1n) is 9.88. The van der Waals surface area contributed by atoms with Crippen molar-refractivity contribution in [2.45, 2.75) is 51.0 Å². The Hall–Kier alpha value is -2.12. The zero-order valence-electron chi connectivity index (χ0n) is 17.1. The van der Waals surface area contributed by atoms with Crippen LogP contribution in [0.15, 0.2) is 35.1 Å². The lowest BCUT2D eigenvalue weighted by atomic mass is 10.1. The fourth-order valence-corrected chi connectivity index (χ4v) is 4.93. The second-order valence-electron chi connectivity index (χ2n) is 7.16. The summed E-state index contributed by atoms with van der Waals surface area (Å²) in [4.78, 5) is 34.0. The number of unbranched alkanes of at least 4 members (excludes halogenated alkanes) is 1. The van der Waals surface area contributed by atoms with E-state index >= 15 is 0 Å². The minimum absolute atomic E-state index is 0.0287. The van der Waals surface area contributed by atoms with Crippen LogP contribution in [0.2, 0.25) is 0 Å². The third-order valence-electron chi connectivity index (χ3n) is 4.96. The maximum atomic E-state index is 12.3. The van der Waals surface area contributed by atoms with E-state index in [0.717, 1.165) is 34.5 Å². The third-order valence-corrected chi connectivity index (χ3v) is 7.22. The summed E-state index contributed by atoms with van der Waals surface area (Å²) in [7, 11) is 0. The summed E-state index contributed by atoms with van der Waals surface area (Å²) >= 11 is 3.03. The largest absolute Gasteiger partial charge is 0.355 e. The van der Waals surface area contributed by atoms with Crippen LogP contribution in [0, 0.1) is 13.8 Å². The summed E-state index contributed by atoms with van der Waals surface area (Å²) in [6.07, 6.45) is 3.04. The summed E-state index contributed by atoms with van der Waals surface area (Å²) in [5, 5.41) is 3.49. The van der Waals surface area contributed by atoms with Crippen molar-refractivity contribution in [3.05, 3.63) is 62.5 Å². The normalized spacial score (nSPS) is 12.2. The fourth-order valence-electron chi connectivity index (χ4n) is 3.10. The van der Waals surface area contributed by atoms with Crippen molar-refractivity contribution in [2.75, 3.05) is 6.54 Å². The lowest BCUT2D eigenvalue weighted by Gasteiger charge is -2.11. The molecule has 1 aromatic carbocycles. The number of benzene rings is 1. The van der Waals surface area contributed by atoms with Gasteiger partial charge in [-0.2, -0.15) is 0 Å². The molecule has 0 aliphatic carbocycles. The van der Waals surface area contributed by atoms with E-state index in [1.165, 1.54) is 17.3 Å². The number of nitrogens with one attached hydrogen (secondary N) is 2. The first kappa shape index (κ1) is 21.6. The molecular formula is C22H27N3O2S2. The quantitative estimate of drug-likeness (QED) is 0.496. The van der Waals surface area contributed by atoms with Crippen LogP contribution in [0.4, 0.5) is 0 Å². The number of H-pyrrole nitrogens is 1. The summed E-state index contributed by atoms with van der Waals surface area (Å²) in [6.45, 7) is 6.53. The van der Waals surface area contributed by atoms with Crippen LogP contribution in [-0.4, -0.2) is 27.7 Å². The highest BCUT2D eigenvalue weighted by Crippen LogP contribution is 2.26. The van der Waals surface area contributed by atoms with Gasteiger partial charge in [-0.15, -0.1) is 23.1 Å². The molecule has 0 aliphatic rings. The van der Waals surface area contributed by atoms with Crippen molar-refractivity contribution in [1.82, 2.24) is 15.3 Å². The van der Waals surface area contributed by atoms with Gasteiger partial charge in [0.1, 0.15) is 10.7 Å². The smallest absolute Gasteiger partial charge is 0.259 e. The van der Waals surface area contributed by atoms with Gasteiger partial charge in [-0.25, -0.2) is 4.98 Å². The second kappa shape index (κ2) is 10.1. The molecule has 154 valence electrons. The number of rotatable bonds is 9. The lowest BCUT2D eigenvalue weighted by molar-refractivity contribution is -0.120. The molecule has 1 amide bonds. The number of carbonyl (C=O) groups excluding carboxylic acids is 1. The highest BCUT2D eigenvalue weighted by Gasteiger charge is 2.15. The highest BCUT2D eigenvalue weighted by atomic mass is 32.2. The van der Waals surface area contributed by atoms with Crippen LogP contribution in [0.25, 0.3) is 10.2 Å². The number of thioether (sulfide) groups is 1. The van der Waals surface area contributed by atoms with Gasteiger partial charge >= 0.3 is 0 Å². The molecule has 2 heterocycles. The molecule has 0 radical (unpaired) electrons. The predicted molar refractivity (Wildman–Crippen MR) is 123 cm³/mol. The van der Waals surface area contributed by atoms with Crippen molar-refractivity contribution in [1.29, 1.82) is 0 Å². The SMILES string of the molecule is Cc1sc2nc(CSC(C)C(=O)NCCCCc3ccccc3)[nH]c(=O)c2c1C. The molecule has 0 spiro atoms. The Morgan fingerprint density at radius 1 is 1.24 bits per heavy atom. The van der Waals surface area contributed by atoms with E-state index in [1.54, 1.807) is 11.3 Å². The van der Waals surface area contributed by atoms with Gasteiger partial charge in [-0.05, 0) is 51.2 Å². The van der Waals surface area contributed by atoms with Crippen LogP contribution in [0.1, 0.15) is 41.6 Å². The minimum Gasteiger partial charge on any atom is -0.355 e. The van der Waals surface area contributed by atoms with Gasteiger partial charge in [0, 0.05) is 11.4 Å². The molecule has 29 heavy (non-hydrogen) atoms. The first-order valence-corrected chi connectivity index (χ1v) is 11.7. The van der Waals surface area contributed by atoms with Crippen LogP contribution in [0.3, 0.4) is 0 Å². The number of aromatic nitrogens is 2. The molecule has 3 rings (SSSR count). The van der Waals surface area contributed by atoms with Crippen LogP contribution >= 0.6 is 23.1 Å². The summed E-state index contributed by atoms with van der Waals surface area (Å²) in [6, 6.07) is 10.4. The summed E-state index contributed by atoms with van der Waals surface area (Å²) in [5.41, 5.74) is 2.23. The Morgan fingerprint density at radius 2 is 2.00 bits per heavy atom. The van der Waals surface area contributed by atoms with E-state index in [2.05, 4.69) is 39.6 Å². The lowest BCUT2D eigenvalue weighted by Crippen LogP contribution is -2.31. The van der Waals surface area contributed by atoms with E-state index in [1.807, 2.05) is 26.8 Å². The Kier molecular flexibility index (Phi) is 7.50. The number of hydrogen-bond acceptors (Lipinski definition) is 5. The summed E-state index contributed by atoms with van der Waals surface area (Å²) < 4.78 is 0. The Morgan fingerprint density at radius 3 is 2.76 bits per heavy atom. The molecule has 7 heteroatoms. The van der Waals surface area contributed by atoms with Crippen LogP contribution in [-0.2, 0) is 17.0 Å². The highest BCUT2D eigenvalue weighted by molar-refractivity contribution is 7.99.